The van der Waals surface area contributed by atoms with Crippen LogP contribution in [0.4, 0.5) is 0 Å². The second kappa shape index (κ2) is 8.43. The molecule has 2 aromatic rings. The minimum absolute atomic E-state index is 0.0329. The van der Waals surface area contributed by atoms with Crippen molar-refractivity contribution >= 4 is 5.91 Å². The molecule has 2 aliphatic carbocycles. The summed E-state index contributed by atoms with van der Waals surface area (Å²) >= 11 is 0. The summed E-state index contributed by atoms with van der Waals surface area (Å²) in [5.41, 5.74) is 3.33. The Hall–Kier alpha value is -2.33. The number of aryl methyl sites for hydroxylation is 1. The smallest absolute Gasteiger partial charge is 0.224 e. The summed E-state index contributed by atoms with van der Waals surface area (Å²) in [4.78, 5) is 15.4. The lowest BCUT2D eigenvalue weighted by molar-refractivity contribution is -0.122. The van der Waals surface area contributed by atoms with Gasteiger partial charge in [-0.2, -0.15) is 0 Å². The monoisotopic (exact) mass is 406 g/mol. The summed E-state index contributed by atoms with van der Waals surface area (Å²) in [5.74, 6) is 1.38. The molecule has 2 saturated carbocycles. The quantitative estimate of drug-likeness (QED) is 0.661. The molecular weight excluding hydrogens is 372 g/mol. The van der Waals surface area contributed by atoms with Crippen molar-refractivity contribution in [3.63, 3.8) is 0 Å². The van der Waals surface area contributed by atoms with Crippen molar-refractivity contribution < 1.29 is 9.90 Å². The van der Waals surface area contributed by atoms with Crippen LogP contribution in [0.5, 0.6) is 5.75 Å². The summed E-state index contributed by atoms with van der Waals surface area (Å²) in [6.07, 6.45) is 4.42. The molecule has 2 fully saturated rings. The first-order valence-corrected chi connectivity index (χ1v) is 11.2. The largest absolute Gasteiger partial charge is 0.508 e. The average molecular weight is 407 g/mol. The van der Waals surface area contributed by atoms with Gasteiger partial charge in [0.05, 0.1) is 0 Å². The van der Waals surface area contributed by atoms with E-state index >= 15 is 0 Å². The van der Waals surface area contributed by atoms with Crippen molar-refractivity contribution in [3.8, 4) is 5.75 Å². The molecule has 2 aliphatic rings. The molecule has 4 heteroatoms. The summed E-state index contributed by atoms with van der Waals surface area (Å²) in [6.45, 7) is 5.87. The molecule has 160 valence electrons. The van der Waals surface area contributed by atoms with E-state index in [1.165, 1.54) is 24.0 Å². The molecule has 0 radical (unpaired) electrons. The van der Waals surface area contributed by atoms with Gasteiger partial charge in [-0.25, -0.2) is 0 Å². The lowest BCUT2D eigenvalue weighted by Gasteiger charge is -2.29. The Bertz CT molecular complexity index is 893. The van der Waals surface area contributed by atoms with Gasteiger partial charge < -0.3 is 15.3 Å². The van der Waals surface area contributed by atoms with Gasteiger partial charge >= 0.3 is 0 Å². The number of hydrogen-bond donors (Lipinski definition) is 2. The van der Waals surface area contributed by atoms with Crippen LogP contribution in [-0.4, -0.2) is 42.1 Å². The molecule has 0 aliphatic heterocycles. The molecule has 0 heterocycles. The number of phenolic OH excluding ortho intramolecular Hbond substituents is 1. The van der Waals surface area contributed by atoms with E-state index in [0.29, 0.717) is 12.3 Å². The molecule has 0 spiro atoms. The number of nitrogens with zero attached hydrogens (tertiary/aromatic N) is 1. The van der Waals surface area contributed by atoms with Crippen LogP contribution in [-0.2, 0) is 16.6 Å². The highest BCUT2D eigenvalue weighted by Gasteiger charge is 2.55. The van der Waals surface area contributed by atoms with Crippen LogP contribution < -0.4 is 5.32 Å². The van der Waals surface area contributed by atoms with Gasteiger partial charge in [0.25, 0.3) is 0 Å². The van der Waals surface area contributed by atoms with E-state index in [1.807, 2.05) is 19.1 Å². The first-order chi connectivity index (χ1) is 14.4. The first-order valence-electron chi connectivity index (χ1n) is 11.2. The van der Waals surface area contributed by atoms with Crippen molar-refractivity contribution in [2.75, 3.05) is 20.1 Å². The SMILES string of the molecule is Cc1cc(CC(CNC(=O)[C@@H]2C[C@]2(C)c2ccccc2)N(C)CC2CC2)ccc1O. The molecule has 0 aromatic heterocycles. The molecule has 0 saturated heterocycles. The number of aromatic hydroxyl groups is 1. The summed E-state index contributed by atoms with van der Waals surface area (Å²) in [5, 5.41) is 13.1. The predicted octanol–water partition coefficient (Wildman–Crippen LogP) is 4.05. The van der Waals surface area contributed by atoms with E-state index in [0.717, 1.165) is 30.9 Å². The fourth-order valence-electron chi connectivity index (χ4n) is 4.58. The first kappa shape index (κ1) is 20.9. The Morgan fingerprint density at radius 2 is 1.97 bits per heavy atom. The van der Waals surface area contributed by atoms with Gasteiger partial charge in [0, 0.05) is 30.5 Å². The zero-order valence-corrected chi connectivity index (χ0v) is 18.4. The van der Waals surface area contributed by atoms with Crippen molar-refractivity contribution in [3.05, 3.63) is 65.2 Å². The molecule has 1 amide bonds. The second-order valence-electron chi connectivity index (χ2n) is 9.65. The molecule has 2 N–H and O–H groups in total. The van der Waals surface area contributed by atoms with Gasteiger partial charge in [0.15, 0.2) is 0 Å². The van der Waals surface area contributed by atoms with Gasteiger partial charge in [-0.15, -0.1) is 0 Å². The third kappa shape index (κ3) is 4.70. The maximum Gasteiger partial charge on any atom is 0.224 e. The van der Waals surface area contributed by atoms with Gasteiger partial charge in [-0.1, -0.05) is 49.4 Å². The number of phenols is 1. The molecule has 30 heavy (non-hydrogen) atoms. The van der Waals surface area contributed by atoms with Gasteiger partial charge in [0.1, 0.15) is 5.75 Å². The van der Waals surface area contributed by atoms with Crippen molar-refractivity contribution in [2.24, 2.45) is 11.8 Å². The number of carbonyl (C=O) groups excluding carboxylic acids is 1. The lowest BCUT2D eigenvalue weighted by atomic mass is 9.95. The molecule has 1 unspecified atom stereocenters. The summed E-state index contributed by atoms with van der Waals surface area (Å²) in [6, 6.07) is 16.5. The van der Waals surface area contributed by atoms with Crippen LogP contribution in [0.25, 0.3) is 0 Å². The lowest BCUT2D eigenvalue weighted by Crippen LogP contribution is -2.45. The Morgan fingerprint density at radius 1 is 1.23 bits per heavy atom. The number of amides is 1. The molecule has 0 bridgehead atoms. The Balaban J connectivity index is 1.39. The molecule has 4 nitrogen and oxygen atoms in total. The Labute approximate surface area is 180 Å². The van der Waals surface area contributed by atoms with Crippen LogP contribution in [0.2, 0.25) is 0 Å². The summed E-state index contributed by atoms with van der Waals surface area (Å²) < 4.78 is 0. The zero-order valence-electron chi connectivity index (χ0n) is 18.4. The Morgan fingerprint density at radius 3 is 2.63 bits per heavy atom. The summed E-state index contributed by atoms with van der Waals surface area (Å²) in [7, 11) is 2.17. The van der Waals surface area contributed by atoms with Gasteiger partial charge in [0.2, 0.25) is 5.91 Å². The van der Waals surface area contributed by atoms with Crippen molar-refractivity contribution in [1.29, 1.82) is 0 Å². The average Bonchev–Trinajstić information content (AvgIpc) is 3.66. The topological polar surface area (TPSA) is 52.6 Å². The fraction of sp³-hybridized carbons (Fsp3) is 0.500. The number of benzene rings is 2. The number of carbonyl (C=O) groups is 1. The van der Waals surface area contributed by atoms with Crippen LogP contribution in [0.1, 0.15) is 42.9 Å². The van der Waals surface area contributed by atoms with E-state index < -0.39 is 0 Å². The number of rotatable bonds is 9. The third-order valence-electron chi connectivity index (χ3n) is 7.10. The zero-order chi connectivity index (χ0) is 21.3. The van der Waals surface area contributed by atoms with E-state index in [9.17, 15) is 9.90 Å². The third-order valence-corrected chi connectivity index (χ3v) is 7.10. The molecule has 3 atom stereocenters. The van der Waals surface area contributed by atoms with E-state index in [1.54, 1.807) is 6.07 Å². The highest BCUT2D eigenvalue weighted by molar-refractivity contribution is 5.84. The molecule has 2 aromatic carbocycles. The van der Waals surface area contributed by atoms with E-state index in [2.05, 4.69) is 54.5 Å². The van der Waals surface area contributed by atoms with Crippen LogP contribution >= 0.6 is 0 Å². The van der Waals surface area contributed by atoms with Gasteiger partial charge in [-0.3, -0.25) is 4.79 Å². The van der Waals surface area contributed by atoms with E-state index in [4.69, 9.17) is 0 Å². The van der Waals surface area contributed by atoms with Crippen molar-refractivity contribution in [1.82, 2.24) is 10.2 Å². The van der Waals surface area contributed by atoms with Crippen LogP contribution in [0, 0.1) is 18.8 Å². The standard InChI is InChI=1S/C26H34N2O2/c1-18-13-20(11-12-24(18)29)14-22(28(3)17-19-9-10-19)16-27-25(30)23-15-26(23,2)21-7-5-4-6-8-21/h4-8,11-13,19,22-23,29H,9-10,14-17H2,1-3H3,(H,27,30)/t22?,23-,26+/m0/s1. The van der Waals surface area contributed by atoms with Crippen LogP contribution in [0.15, 0.2) is 48.5 Å². The number of nitrogens with one attached hydrogen (secondary N) is 1. The maximum absolute atomic E-state index is 12.9. The Kier molecular flexibility index (Phi) is 5.88. The highest BCUT2D eigenvalue weighted by Crippen LogP contribution is 2.53. The minimum atomic E-state index is -0.0329. The van der Waals surface area contributed by atoms with Crippen LogP contribution in [0.3, 0.4) is 0 Å². The molecule has 4 rings (SSSR count). The highest BCUT2D eigenvalue weighted by atomic mass is 16.3. The number of likely N-dealkylation sites (N-methyl/N-ethyl adjacent to an activating group) is 1. The fourth-order valence-corrected chi connectivity index (χ4v) is 4.58. The van der Waals surface area contributed by atoms with Gasteiger partial charge in [-0.05, 0) is 68.3 Å². The number of hydrogen-bond acceptors (Lipinski definition) is 3. The minimum Gasteiger partial charge on any atom is -0.508 e. The normalized spacial score (nSPS) is 23.9. The molecular formula is C26H34N2O2. The second-order valence-corrected chi connectivity index (χ2v) is 9.65. The van der Waals surface area contributed by atoms with E-state index in [-0.39, 0.29) is 23.3 Å². The van der Waals surface area contributed by atoms with Crippen molar-refractivity contribution in [2.45, 2.75) is 51.0 Å². The maximum atomic E-state index is 12.9. The predicted molar refractivity (Wildman–Crippen MR) is 121 cm³/mol.